The van der Waals surface area contributed by atoms with Crippen molar-refractivity contribution in [1.29, 1.82) is 0 Å². The molecule has 1 atom stereocenters. The lowest BCUT2D eigenvalue weighted by atomic mass is 10.2. The Labute approximate surface area is 87.6 Å². The Bertz CT molecular complexity index is 200. The normalized spacial score (nSPS) is 23.4. The number of amides is 1. The monoisotopic (exact) mass is 249 g/mol. The van der Waals surface area contributed by atoms with E-state index in [-0.39, 0.29) is 11.0 Å². The maximum atomic E-state index is 11.5. The van der Waals surface area contributed by atoms with Crippen LogP contribution in [0.4, 0.5) is 4.79 Å². The fourth-order valence-electron chi connectivity index (χ4n) is 1.25. The molecule has 1 heterocycles. The van der Waals surface area contributed by atoms with Crippen molar-refractivity contribution in [2.45, 2.75) is 44.2 Å². The standard InChI is InChI=1S/C9H16BrNO2/c1-9(2,3)13-8(12)11-6-4-5-7(11)10/h7H,4-6H2,1-3H3. The van der Waals surface area contributed by atoms with E-state index in [2.05, 4.69) is 15.9 Å². The number of rotatable bonds is 0. The Morgan fingerprint density at radius 3 is 2.54 bits per heavy atom. The van der Waals surface area contributed by atoms with E-state index in [4.69, 9.17) is 4.74 Å². The van der Waals surface area contributed by atoms with Crippen molar-refractivity contribution in [3.63, 3.8) is 0 Å². The maximum absolute atomic E-state index is 11.5. The molecule has 1 saturated heterocycles. The van der Waals surface area contributed by atoms with Gasteiger partial charge in [-0.3, -0.25) is 4.90 Å². The highest BCUT2D eigenvalue weighted by atomic mass is 79.9. The van der Waals surface area contributed by atoms with E-state index < -0.39 is 5.60 Å². The van der Waals surface area contributed by atoms with Gasteiger partial charge in [-0.2, -0.15) is 0 Å². The first kappa shape index (κ1) is 10.8. The predicted octanol–water partition coefficient (Wildman–Crippen LogP) is 2.74. The Morgan fingerprint density at radius 1 is 1.54 bits per heavy atom. The van der Waals surface area contributed by atoms with Gasteiger partial charge < -0.3 is 4.74 Å². The summed E-state index contributed by atoms with van der Waals surface area (Å²) in [5.41, 5.74) is -0.396. The molecule has 1 unspecified atom stereocenters. The number of ether oxygens (including phenoxy) is 1. The van der Waals surface area contributed by atoms with Crippen molar-refractivity contribution in [2.24, 2.45) is 0 Å². The average molecular weight is 250 g/mol. The van der Waals surface area contributed by atoms with E-state index in [9.17, 15) is 4.79 Å². The molecule has 3 nitrogen and oxygen atoms in total. The Kier molecular flexibility index (Phi) is 3.22. The molecule has 0 spiro atoms. The summed E-state index contributed by atoms with van der Waals surface area (Å²) < 4.78 is 5.25. The zero-order valence-electron chi connectivity index (χ0n) is 8.34. The SMILES string of the molecule is CC(C)(C)OC(=O)N1CCCC1Br. The molecule has 1 amide bonds. The van der Waals surface area contributed by atoms with Gasteiger partial charge in [-0.15, -0.1) is 0 Å². The number of carbonyl (C=O) groups is 1. The molecule has 0 N–H and O–H groups in total. The van der Waals surface area contributed by atoms with Crippen LogP contribution in [0, 0.1) is 0 Å². The molecule has 0 aromatic rings. The van der Waals surface area contributed by atoms with Crippen LogP contribution in [0.25, 0.3) is 0 Å². The topological polar surface area (TPSA) is 29.5 Å². The van der Waals surface area contributed by atoms with Gasteiger partial charge in [-0.1, -0.05) is 15.9 Å². The number of alkyl halides is 1. The van der Waals surface area contributed by atoms with E-state index in [0.29, 0.717) is 0 Å². The highest BCUT2D eigenvalue weighted by Gasteiger charge is 2.30. The number of hydrogen-bond acceptors (Lipinski definition) is 2. The number of halogens is 1. The second kappa shape index (κ2) is 3.86. The second-order valence-corrected chi connectivity index (χ2v) is 5.31. The van der Waals surface area contributed by atoms with Crippen LogP contribution in [-0.2, 0) is 4.74 Å². The van der Waals surface area contributed by atoms with E-state index >= 15 is 0 Å². The van der Waals surface area contributed by atoms with Crippen LogP contribution in [0.1, 0.15) is 33.6 Å². The van der Waals surface area contributed by atoms with Crippen molar-refractivity contribution in [1.82, 2.24) is 4.90 Å². The highest BCUT2D eigenvalue weighted by Crippen LogP contribution is 2.24. The van der Waals surface area contributed by atoms with E-state index in [0.717, 1.165) is 19.4 Å². The van der Waals surface area contributed by atoms with Crippen LogP contribution in [0.3, 0.4) is 0 Å². The fraction of sp³-hybridized carbons (Fsp3) is 0.889. The lowest BCUT2D eigenvalue weighted by molar-refractivity contribution is 0.0281. The van der Waals surface area contributed by atoms with Gasteiger partial charge in [-0.25, -0.2) is 4.79 Å². The molecule has 0 aromatic carbocycles. The summed E-state index contributed by atoms with van der Waals surface area (Å²) in [5, 5.41) is 0. The second-order valence-electron chi connectivity index (χ2n) is 4.25. The van der Waals surface area contributed by atoms with Crippen molar-refractivity contribution in [3.8, 4) is 0 Å². The van der Waals surface area contributed by atoms with E-state index in [1.165, 1.54) is 0 Å². The highest BCUT2D eigenvalue weighted by molar-refractivity contribution is 9.09. The molecule has 1 fully saturated rings. The van der Waals surface area contributed by atoms with Crippen LogP contribution in [0.5, 0.6) is 0 Å². The molecule has 0 bridgehead atoms. The lowest BCUT2D eigenvalue weighted by Crippen LogP contribution is -2.37. The minimum absolute atomic E-state index is 0.155. The molecule has 1 aliphatic rings. The Morgan fingerprint density at radius 2 is 2.15 bits per heavy atom. The summed E-state index contributed by atoms with van der Waals surface area (Å²) in [4.78, 5) is 13.4. The summed E-state index contributed by atoms with van der Waals surface area (Å²) >= 11 is 3.44. The minimum atomic E-state index is -0.396. The van der Waals surface area contributed by atoms with Crippen LogP contribution >= 0.6 is 15.9 Å². The number of likely N-dealkylation sites (tertiary alicyclic amines) is 1. The number of hydrogen-bond donors (Lipinski definition) is 0. The van der Waals surface area contributed by atoms with Gasteiger partial charge in [-0.05, 0) is 33.6 Å². The minimum Gasteiger partial charge on any atom is -0.444 e. The first-order chi connectivity index (χ1) is 5.90. The summed E-state index contributed by atoms with van der Waals surface area (Å²) in [6, 6.07) is 0. The zero-order valence-corrected chi connectivity index (χ0v) is 9.93. The van der Waals surface area contributed by atoms with Crippen molar-refractivity contribution in [2.75, 3.05) is 6.54 Å². The molecule has 13 heavy (non-hydrogen) atoms. The van der Waals surface area contributed by atoms with Crippen molar-refractivity contribution < 1.29 is 9.53 Å². The fourth-order valence-corrected chi connectivity index (χ4v) is 1.95. The zero-order chi connectivity index (χ0) is 10.1. The smallest absolute Gasteiger partial charge is 0.411 e. The molecule has 1 aliphatic heterocycles. The number of nitrogens with zero attached hydrogens (tertiary/aromatic N) is 1. The molecule has 0 aliphatic carbocycles. The van der Waals surface area contributed by atoms with Crippen molar-refractivity contribution >= 4 is 22.0 Å². The number of carbonyl (C=O) groups excluding carboxylic acids is 1. The largest absolute Gasteiger partial charge is 0.444 e. The summed E-state index contributed by atoms with van der Waals surface area (Å²) in [7, 11) is 0. The third-order valence-corrected chi connectivity index (χ3v) is 2.76. The summed E-state index contributed by atoms with van der Waals surface area (Å²) in [5.74, 6) is 0. The first-order valence-corrected chi connectivity index (χ1v) is 5.45. The van der Waals surface area contributed by atoms with Gasteiger partial charge in [0.2, 0.25) is 0 Å². The van der Waals surface area contributed by atoms with E-state index in [1.807, 2.05) is 20.8 Å². The Hall–Kier alpha value is -0.250. The average Bonchev–Trinajstić information content (AvgIpc) is 2.30. The maximum Gasteiger partial charge on any atom is 0.411 e. The summed E-state index contributed by atoms with van der Waals surface area (Å²) in [6.07, 6.45) is 1.85. The van der Waals surface area contributed by atoms with Gasteiger partial charge in [0.1, 0.15) is 5.60 Å². The van der Waals surface area contributed by atoms with Crippen LogP contribution in [0.2, 0.25) is 0 Å². The molecule has 1 rings (SSSR count). The van der Waals surface area contributed by atoms with Crippen LogP contribution in [0.15, 0.2) is 0 Å². The summed E-state index contributed by atoms with van der Waals surface area (Å²) in [6.45, 7) is 6.43. The van der Waals surface area contributed by atoms with Gasteiger partial charge >= 0.3 is 6.09 Å². The first-order valence-electron chi connectivity index (χ1n) is 4.54. The molecular formula is C9H16BrNO2. The van der Waals surface area contributed by atoms with Gasteiger partial charge in [0.05, 0.1) is 4.95 Å². The molecule has 76 valence electrons. The van der Waals surface area contributed by atoms with Gasteiger partial charge in [0.25, 0.3) is 0 Å². The van der Waals surface area contributed by atoms with Gasteiger partial charge in [0, 0.05) is 6.54 Å². The molecule has 0 aromatic heterocycles. The Balaban J connectivity index is 2.48. The van der Waals surface area contributed by atoms with Crippen LogP contribution < -0.4 is 0 Å². The van der Waals surface area contributed by atoms with E-state index in [1.54, 1.807) is 4.90 Å². The predicted molar refractivity (Wildman–Crippen MR) is 54.9 cm³/mol. The third kappa shape index (κ3) is 3.18. The lowest BCUT2D eigenvalue weighted by Gasteiger charge is -2.26. The van der Waals surface area contributed by atoms with Crippen LogP contribution in [-0.4, -0.2) is 28.1 Å². The molecule has 4 heteroatoms. The van der Waals surface area contributed by atoms with Crippen molar-refractivity contribution in [3.05, 3.63) is 0 Å². The molecule has 0 radical (unpaired) electrons. The third-order valence-electron chi connectivity index (χ3n) is 1.81. The molecule has 0 saturated carbocycles. The quantitative estimate of drug-likeness (QED) is 0.488. The molecular weight excluding hydrogens is 234 g/mol. The van der Waals surface area contributed by atoms with Gasteiger partial charge in [0.15, 0.2) is 0 Å².